The van der Waals surface area contributed by atoms with Crippen LogP contribution in [-0.4, -0.2) is 23.9 Å². The van der Waals surface area contributed by atoms with Crippen molar-refractivity contribution in [1.82, 2.24) is 4.90 Å². The molecule has 3 heteroatoms. The van der Waals surface area contributed by atoms with Crippen molar-refractivity contribution in [2.24, 2.45) is 5.92 Å². The molecule has 0 saturated carbocycles. The van der Waals surface area contributed by atoms with Gasteiger partial charge in [-0.1, -0.05) is 54.1 Å². The van der Waals surface area contributed by atoms with E-state index in [2.05, 4.69) is 30.3 Å². The Bertz CT molecular complexity index is 686. The number of amides is 1. The number of benzene rings is 2. The monoisotopic (exact) mass is 339 g/mol. The van der Waals surface area contributed by atoms with Crippen LogP contribution in [0, 0.1) is 5.92 Å². The SMILES string of the molecule is O=C(/C=C/c1ccc(Cl)cc1)N1CCC(Cc2ccccc2)CC1. The van der Waals surface area contributed by atoms with Crippen molar-refractivity contribution in [2.45, 2.75) is 19.3 Å². The lowest BCUT2D eigenvalue weighted by atomic mass is 9.90. The zero-order chi connectivity index (χ0) is 16.8. The van der Waals surface area contributed by atoms with Gasteiger partial charge in [-0.2, -0.15) is 0 Å². The van der Waals surface area contributed by atoms with E-state index in [1.165, 1.54) is 5.56 Å². The molecule has 1 aliphatic rings. The Morgan fingerprint density at radius 2 is 1.71 bits per heavy atom. The second-order valence-corrected chi connectivity index (χ2v) is 6.78. The Morgan fingerprint density at radius 3 is 2.38 bits per heavy atom. The third-order valence-electron chi connectivity index (χ3n) is 4.58. The maximum absolute atomic E-state index is 12.3. The van der Waals surface area contributed by atoms with Crippen molar-refractivity contribution in [3.63, 3.8) is 0 Å². The topological polar surface area (TPSA) is 20.3 Å². The number of rotatable bonds is 4. The quantitative estimate of drug-likeness (QED) is 0.730. The highest BCUT2D eigenvalue weighted by molar-refractivity contribution is 6.30. The summed E-state index contributed by atoms with van der Waals surface area (Å²) in [5.41, 5.74) is 2.39. The van der Waals surface area contributed by atoms with Crippen molar-refractivity contribution < 1.29 is 4.79 Å². The van der Waals surface area contributed by atoms with Crippen LogP contribution in [0.4, 0.5) is 0 Å². The highest BCUT2D eigenvalue weighted by Gasteiger charge is 2.21. The highest BCUT2D eigenvalue weighted by Crippen LogP contribution is 2.22. The summed E-state index contributed by atoms with van der Waals surface area (Å²) in [5, 5.41) is 0.707. The number of piperidine rings is 1. The largest absolute Gasteiger partial charge is 0.339 e. The molecule has 1 amide bonds. The molecule has 3 rings (SSSR count). The fraction of sp³-hybridized carbons (Fsp3) is 0.286. The third-order valence-corrected chi connectivity index (χ3v) is 4.83. The minimum Gasteiger partial charge on any atom is -0.339 e. The first-order valence-electron chi connectivity index (χ1n) is 8.47. The van der Waals surface area contributed by atoms with Crippen LogP contribution in [0.2, 0.25) is 5.02 Å². The molecule has 0 unspecified atom stereocenters. The summed E-state index contributed by atoms with van der Waals surface area (Å²) in [4.78, 5) is 14.3. The van der Waals surface area contributed by atoms with Gasteiger partial charge < -0.3 is 4.90 Å². The van der Waals surface area contributed by atoms with Gasteiger partial charge in [-0.15, -0.1) is 0 Å². The summed E-state index contributed by atoms with van der Waals surface area (Å²) in [6.07, 6.45) is 6.80. The number of hydrogen-bond acceptors (Lipinski definition) is 1. The van der Waals surface area contributed by atoms with Gasteiger partial charge in [0.15, 0.2) is 0 Å². The number of carbonyl (C=O) groups excluding carboxylic acids is 1. The third kappa shape index (κ3) is 4.72. The fourth-order valence-corrected chi connectivity index (χ4v) is 3.28. The van der Waals surface area contributed by atoms with Crippen LogP contribution < -0.4 is 0 Å². The Hall–Kier alpha value is -2.06. The lowest BCUT2D eigenvalue weighted by Gasteiger charge is -2.31. The zero-order valence-corrected chi connectivity index (χ0v) is 14.5. The number of likely N-dealkylation sites (tertiary alicyclic amines) is 1. The predicted molar refractivity (Wildman–Crippen MR) is 99.9 cm³/mol. The van der Waals surface area contributed by atoms with Gasteiger partial charge in [0.05, 0.1) is 0 Å². The molecule has 24 heavy (non-hydrogen) atoms. The predicted octanol–water partition coefficient (Wildman–Crippen LogP) is 4.83. The van der Waals surface area contributed by atoms with E-state index in [-0.39, 0.29) is 5.91 Å². The molecular weight excluding hydrogens is 318 g/mol. The Labute approximate surface area is 148 Å². The average molecular weight is 340 g/mol. The van der Waals surface area contributed by atoms with Crippen LogP contribution in [0.25, 0.3) is 6.08 Å². The lowest BCUT2D eigenvalue weighted by Crippen LogP contribution is -2.37. The first-order chi connectivity index (χ1) is 11.7. The van der Waals surface area contributed by atoms with Gasteiger partial charge in [-0.3, -0.25) is 4.79 Å². The zero-order valence-electron chi connectivity index (χ0n) is 13.7. The highest BCUT2D eigenvalue weighted by atomic mass is 35.5. The van der Waals surface area contributed by atoms with Crippen LogP contribution in [-0.2, 0) is 11.2 Å². The van der Waals surface area contributed by atoms with Gasteiger partial charge >= 0.3 is 0 Å². The average Bonchev–Trinajstić information content (AvgIpc) is 2.62. The molecule has 1 heterocycles. The standard InChI is InChI=1S/C21H22ClNO/c22-20-9-6-17(7-10-20)8-11-21(24)23-14-12-19(13-15-23)16-18-4-2-1-3-5-18/h1-11,19H,12-16H2/b11-8+. The van der Waals surface area contributed by atoms with E-state index in [1.54, 1.807) is 6.08 Å². The molecule has 0 aromatic heterocycles. The van der Waals surface area contributed by atoms with Crippen molar-refractivity contribution in [3.05, 3.63) is 76.8 Å². The van der Waals surface area contributed by atoms with E-state index in [4.69, 9.17) is 11.6 Å². The summed E-state index contributed by atoms with van der Waals surface area (Å²) < 4.78 is 0. The van der Waals surface area contributed by atoms with Crippen molar-refractivity contribution in [2.75, 3.05) is 13.1 Å². The normalized spacial score (nSPS) is 15.8. The number of hydrogen-bond donors (Lipinski definition) is 0. The molecule has 1 aliphatic heterocycles. The van der Waals surface area contributed by atoms with Crippen LogP contribution in [0.3, 0.4) is 0 Å². The second-order valence-electron chi connectivity index (χ2n) is 6.34. The van der Waals surface area contributed by atoms with Gasteiger partial charge in [0.1, 0.15) is 0 Å². The first kappa shape index (κ1) is 16.8. The van der Waals surface area contributed by atoms with Gasteiger partial charge in [-0.05, 0) is 54.5 Å². The molecule has 0 spiro atoms. The van der Waals surface area contributed by atoms with Crippen LogP contribution in [0.15, 0.2) is 60.7 Å². The van der Waals surface area contributed by atoms with Gasteiger partial charge in [0.2, 0.25) is 5.91 Å². The molecule has 1 saturated heterocycles. The van der Waals surface area contributed by atoms with E-state index >= 15 is 0 Å². The minimum atomic E-state index is 0.100. The smallest absolute Gasteiger partial charge is 0.246 e. The van der Waals surface area contributed by atoms with E-state index < -0.39 is 0 Å². The van der Waals surface area contributed by atoms with Crippen molar-refractivity contribution in [3.8, 4) is 0 Å². The van der Waals surface area contributed by atoms with Gasteiger partial charge in [-0.25, -0.2) is 0 Å². The molecule has 0 aliphatic carbocycles. The Kier molecular flexibility index (Phi) is 5.71. The van der Waals surface area contributed by atoms with Crippen molar-refractivity contribution in [1.29, 1.82) is 0 Å². The summed E-state index contributed by atoms with van der Waals surface area (Å²) >= 11 is 5.87. The second kappa shape index (κ2) is 8.16. The molecule has 124 valence electrons. The summed E-state index contributed by atoms with van der Waals surface area (Å²) in [5.74, 6) is 0.778. The van der Waals surface area contributed by atoms with Crippen LogP contribution >= 0.6 is 11.6 Å². The Morgan fingerprint density at radius 1 is 1.04 bits per heavy atom. The van der Waals surface area contributed by atoms with Gasteiger partial charge in [0.25, 0.3) is 0 Å². The maximum atomic E-state index is 12.3. The molecule has 2 aromatic rings. The molecule has 0 radical (unpaired) electrons. The molecular formula is C21H22ClNO. The summed E-state index contributed by atoms with van der Waals surface area (Å²) in [6.45, 7) is 1.70. The van der Waals surface area contributed by atoms with E-state index in [0.717, 1.165) is 37.9 Å². The number of carbonyl (C=O) groups is 1. The van der Waals surface area contributed by atoms with Crippen LogP contribution in [0.5, 0.6) is 0 Å². The number of nitrogens with zero attached hydrogens (tertiary/aromatic N) is 1. The molecule has 2 aromatic carbocycles. The molecule has 0 N–H and O–H groups in total. The number of halogens is 1. The van der Waals surface area contributed by atoms with Crippen LogP contribution in [0.1, 0.15) is 24.0 Å². The first-order valence-corrected chi connectivity index (χ1v) is 8.85. The maximum Gasteiger partial charge on any atom is 0.246 e. The molecule has 0 bridgehead atoms. The Balaban J connectivity index is 1.49. The summed E-state index contributed by atoms with van der Waals surface area (Å²) in [6, 6.07) is 18.1. The minimum absolute atomic E-state index is 0.100. The van der Waals surface area contributed by atoms with Gasteiger partial charge in [0, 0.05) is 24.2 Å². The molecule has 2 nitrogen and oxygen atoms in total. The van der Waals surface area contributed by atoms with E-state index in [9.17, 15) is 4.79 Å². The summed E-state index contributed by atoms with van der Waals surface area (Å²) in [7, 11) is 0. The van der Waals surface area contributed by atoms with E-state index in [1.807, 2.05) is 35.2 Å². The van der Waals surface area contributed by atoms with Crippen molar-refractivity contribution >= 4 is 23.6 Å². The van der Waals surface area contributed by atoms with E-state index in [0.29, 0.717) is 10.9 Å². The lowest BCUT2D eigenvalue weighted by molar-refractivity contribution is -0.127. The fourth-order valence-electron chi connectivity index (χ4n) is 3.15. The molecule has 1 fully saturated rings. The molecule has 0 atom stereocenters.